The summed E-state index contributed by atoms with van der Waals surface area (Å²) in [5, 5.41) is 3.10. The van der Waals surface area contributed by atoms with Crippen LogP contribution in [0.5, 0.6) is 11.5 Å². The molecule has 0 unspecified atom stereocenters. The summed E-state index contributed by atoms with van der Waals surface area (Å²) < 4.78 is 15.6. The van der Waals surface area contributed by atoms with Gasteiger partial charge in [-0.3, -0.25) is 9.59 Å². The quantitative estimate of drug-likeness (QED) is 0.590. The van der Waals surface area contributed by atoms with Crippen molar-refractivity contribution in [3.63, 3.8) is 0 Å². The van der Waals surface area contributed by atoms with Gasteiger partial charge >= 0.3 is 5.97 Å². The Morgan fingerprint density at radius 3 is 2.35 bits per heavy atom. The molecular formula is C22H28N2O6S. The van der Waals surface area contributed by atoms with Gasteiger partial charge in [0.2, 0.25) is 5.91 Å². The Bertz CT molecular complexity index is 967. The molecule has 1 heterocycles. The molecule has 0 spiro atoms. The van der Waals surface area contributed by atoms with Crippen LogP contribution in [0.1, 0.15) is 44.5 Å². The molecule has 0 aliphatic carbocycles. The third-order valence-electron chi connectivity index (χ3n) is 4.57. The van der Waals surface area contributed by atoms with Crippen LogP contribution in [-0.2, 0) is 16.0 Å². The summed E-state index contributed by atoms with van der Waals surface area (Å²) in [6, 6.07) is 5.47. The SMILES string of the molecule is CCOC(=O)c1c(NC(=O)CCc2ccc(OC)c(OC)c2)sc(C(=O)N(C)C)c1C. The normalized spacial score (nSPS) is 10.4. The van der Waals surface area contributed by atoms with E-state index >= 15 is 0 Å². The first kappa shape index (κ1) is 24.2. The number of nitrogens with one attached hydrogen (secondary N) is 1. The highest BCUT2D eigenvalue weighted by Crippen LogP contribution is 2.34. The number of anilines is 1. The molecular weight excluding hydrogens is 420 g/mol. The van der Waals surface area contributed by atoms with Crippen molar-refractivity contribution in [3.05, 3.63) is 39.8 Å². The van der Waals surface area contributed by atoms with Crippen molar-refractivity contribution in [2.24, 2.45) is 0 Å². The maximum Gasteiger partial charge on any atom is 0.341 e. The van der Waals surface area contributed by atoms with Crippen molar-refractivity contribution < 1.29 is 28.6 Å². The van der Waals surface area contributed by atoms with Crippen LogP contribution in [0.3, 0.4) is 0 Å². The van der Waals surface area contributed by atoms with E-state index in [1.807, 2.05) is 12.1 Å². The molecule has 0 aliphatic rings. The highest BCUT2D eigenvalue weighted by molar-refractivity contribution is 7.18. The average molecular weight is 449 g/mol. The van der Waals surface area contributed by atoms with Gasteiger partial charge in [-0.15, -0.1) is 11.3 Å². The van der Waals surface area contributed by atoms with Crippen LogP contribution in [0.25, 0.3) is 0 Å². The Labute approximate surface area is 186 Å². The number of ether oxygens (including phenoxy) is 3. The van der Waals surface area contributed by atoms with Gasteiger partial charge in [-0.2, -0.15) is 0 Å². The van der Waals surface area contributed by atoms with Gasteiger partial charge in [0, 0.05) is 20.5 Å². The largest absolute Gasteiger partial charge is 0.493 e. The summed E-state index contributed by atoms with van der Waals surface area (Å²) in [6.07, 6.45) is 0.653. The zero-order valence-electron chi connectivity index (χ0n) is 18.7. The third-order valence-corrected chi connectivity index (χ3v) is 5.76. The zero-order chi connectivity index (χ0) is 23.1. The number of carbonyl (C=O) groups is 3. The lowest BCUT2D eigenvalue weighted by Gasteiger charge is -2.10. The van der Waals surface area contributed by atoms with E-state index < -0.39 is 5.97 Å². The second kappa shape index (κ2) is 10.8. The molecule has 0 saturated heterocycles. The van der Waals surface area contributed by atoms with E-state index in [1.54, 1.807) is 48.2 Å². The standard InChI is InChI=1S/C22H28N2O6S/c1-7-30-22(27)18-13(2)19(21(26)24(3)4)31-20(18)23-17(25)11-9-14-8-10-15(28-5)16(12-14)29-6/h8,10,12H,7,9,11H2,1-6H3,(H,23,25). The van der Waals surface area contributed by atoms with Gasteiger partial charge in [0.25, 0.3) is 5.91 Å². The third kappa shape index (κ3) is 5.75. The summed E-state index contributed by atoms with van der Waals surface area (Å²) in [7, 11) is 6.38. The van der Waals surface area contributed by atoms with E-state index in [1.165, 1.54) is 4.90 Å². The second-order valence-corrected chi connectivity index (χ2v) is 7.94. The van der Waals surface area contributed by atoms with Gasteiger partial charge in [-0.05, 0) is 43.5 Å². The van der Waals surface area contributed by atoms with E-state index in [9.17, 15) is 14.4 Å². The predicted octanol–water partition coefficient (Wildman–Crippen LogP) is 3.52. The fourth-order valence-corrected chi connectivity index (χ4v) is 4.17. The van der Waals surface area contributed by atoms with Crippen LogP contribution in [0.15, 0.2) is 18.2 Å². The first-order chi connectivity index (χ1) is 14.7. The smallest absolute Gasteiger partial charge is 0.341 e. The van der Waals surface area contributed by atoms with E-state index in [2.05, 4.69) is 5.32 Å². The highest BCUT2D eigenvalue weighted by Gasteiger charge is 2.27. The number of methoxy groups -OCH3 is 2. The molecule has 1 N–H and O–H groups in total. The fraction of sp³-hybridized carbons (Fsp3) is 0.409. The lowest BCUT2D eigenvalue weighted by Crippen LogP contribution is -2.21. The molecule has 0 bridgehead atoms. The van der Waals surface area contributed by atoms with Gasteiger partial charge in [0.05, 0.1) is 31.3 Å². The molecule has 8 nitrogen and oxygen atoms in total. The summed E-state index contributed by atoms with van der Waals surface area (Å²) in [6.45, 7) is 3.57. The molecule has 0 radical (unpaired) electrons. The number of thiophene rings is 1. The molecule has 1 aromatic heterocycles. The summed E-state index contributed by atoms with van der Waals surface area (Å²) in [5.41, 5.74) is 1.62. The monoisotopic (exact) mass is 448 g/mol. The van der Waals surface area contributed by atoms with Crippen LogP contribution >= 0.6 is 11.3 Å². The Morgan fingerprint density at radius 1 is 1.10 bits per heavy atom. The van der Waals surface area contributed by atoms with Crippen LogP contribution in [-0.4, -0.2) is 57.6 Å². The number of aryl methyl sites for hydroxylation is 1. The molecule has 0 atom stereocenters. The minimum atomic E-state index is -0.566. The number of amides is 2. The van der Waals surface area contributed by atoms with Gasteiger partial charge in [0.1, 0.15) is 5.00 Å². The van der Waals surface area contributed by atoms with Crippen molar-refractivity contribution in [2.75, 3.05) is 40.2 Å². The molecule has 9 heteroatoms. The number of rotatable bonds is 9. The average Bonchev–Trinajstić information content (AvgIpc) is 3.06. The van der Waals surface area contributed by atoms with Gasteiger partial charge < -0.3 is 24.4 Å². The lowest BCUT2D eigenvalue weighted by molar-refractivity contribution is -0.116. The number of nitrogens with zero attached hydrogens (tertiary/aromatic N) is 1. The maximum atomic E-state index is 12.6. The van der Waals surface area contributed by atoms with E-state index in [0.29, 0.717) is 33.4 Å². The fourth-order valence-electron chi connectivity index (χ4n) is 2.94. The summed E-state index contributed by atoms with van der Waals surface area (Å²) in [5.74, 6) is 0.126. The molecule has 0 saturated carbocycles. The minimum Gasteiger partial charge on any atom is -0.493 e. The number of carbonyl (C=O) groups excluding carboxylic acids is 3. The first-order valence-electron chi connectivity index (χ1n) is 9.76. The second-order valence-electron chi connectivity index (χ2n) is 6.92. The Hall–Kier alpha value is -3.07. The van der Waals surface area contributed by atoms with Gasteiger partial charge in [-0.25, -0.2) is 4.79 Å². The van der Waals surface area contributed by atoms with Crippen LogP contribution < -0.4 is 14.8 Å². The first-order valence-corrected chi connectivity index (χ1v) is 10.6. The van der Waals surface area contributed by atoms with Crippen molar-refractivity contribution in [1.82, 2.24) is 4.90 Å². The van der Waals surface area contributed by atoms with Crippen LogP contribution in [0.2, 0.25) is 0 Å². The van der Waals surface area contributed by atoms with E-state index in [4.69, 9.17) is 14.2 Å². The van der Waals surface area contributed by atoms with E-state index in [-0.39, 0.29) is 30.4 Å². The Morgan fingerprint density at radius 2 is 1.77 bits per heavy atom. The summed E-state index contributed by atoms with van der Waals surface area (Å²) in [4.78, 5) is 39.4. The van der Waals surface area contributed by atoms with Crippen molar-refractivity contribution >= 4 is 34.1 Å². The minimum absolute atomic E-state index is 0.186. The van der Waals surface area contributed by atoms with Crippen molar-refractivity contribution in [3.8, 4) is 11.5 Å². The van der Waals surface area contributed by atoms with Crippen LogP contribution in [0, 0.1) is 6.92 Å². The topological polar surface area (TPSA) is 94.2 Å². The Kier molecular flexibility index (Phi) is 8.44. The molecule has 0 fully saturated rings. The Balaban J connectivity index is 2.20. The molecule has 2 amide bonds. The predicted molar refractivity (Wildman–Crippen MR) is 120 cm³/mol. The number of hydrogen-bond acceptors (Lipinski definition) is 7. The molecule has 0 aliphatic heterocycles. The van der Waals surface area contributed by atoms with Crippen molar-refractivity contribution in [1.29, 1.82) is 0 Å². The molecule has 168 valence electrons. The summed E-state index contributed by atoms with van der Waals surface area (Å²) >= 11 is 1.08. The molecule has 2 aromatic rings. The zero-order valence-corrected chi connectivity index (χ0v) is 19.5. The molecule has 2 rings (SSSR count). The highest BCUT2D eigenvalue weighted by atomic mass is 32.1. The molecule has 1 aromatic carbocycles. The maximum absolute atomic E-state index is 12.6. The lowest BCUT2D eigenvalue weighted by atomic mass is 10.1. The number of benzene rings is 1. The van der Waals surface area contributed by atoms with Crippen LogP contribution in [0.4, 0.5) is 5.00 Å². The van der Waals surface area contributed by atoms with E-state index in [0.717, 1.165) is 16.9 Å². The number of esters is 1. The van der Waals surface area contributed by atoms with Gasteiger partial charge in [-0.1, -0.05) is 6.07 Å². The number of hydrogen-bond donors (Lipinski definition) is 1. The molecule has 31 heavy (non-hydrogen) atoms. The van der Waals surface area contributed by atoms with Crippen molar-refractivity contribution in [2.45, 2.75) is 26.7 Å². The van der Waals surface area contributed by atoms with Gasteiger partial charge in [0.15, 0.2) is 11.5 Å².